The Morgan fingerprint density at radius 2 is 1.70 bits per heavy atom. The summed E-state index contributed by atoms with van der Waals surface area (Å²) in [6.45, 7) is 6.04. The first-order chi connectivity index (χ1) is 10.8. The van der Waals surface area contributed by atoms with E-state index < -0.39 is 23.2 Å². The summed E-state index contributed by atoms with van der Waals surface area (Å²) in [5, 5.41) is 19.1. The van der Waals surface area contributed by atoms with Crippen molar-refractivity contribution < 1.29 is 19.8 Å². The van der Waals surface area contributed by atoms with Crippen molar-refractivity contribution >= 4 is 17.6 Å². The number of phenols is 1. The average Bonchev–Trinajstić information content (AvgIpc) is 3.10. The molecule has 0 spiro atoms. The number of aliphatic carboxylic acids is 1. The SMILES string of the molecule is CC1(C)[C@H](C(=O)O)[C@@H]1C(=O)N1CCN(c2ccccc2O)CC1. The molecule has 124 valence electrons. The third-order valence-electron chi connectivity index (χ3n) is 5.17. The van der Waals surface area contributed by atoms with Crippen LogP contribution in [0.1, 0.15) is 13.8 Å². The van der Waals surface area contributed by atoms with Gasteiger partial charge < -0.3 is 20.0 Å². The topological polar surface area (TPSA) is 81.1 Å². The zero-order valence-electron chi connectivity index (χ0n) is 13.4. The van der Waals surface area contributed by atoms with Crippen LogP contribution in [0, 0.1) is 17.3 Å². The van der Waals surface area contributed by atoms with Gasteiger partial charge in [-0.1, -0.05) is 26.0 Å². The molecule has 2 fully saturated rings. The van der Waals surface area contributed by atoms with Crippen molar-refractivity contribution in [3.05, 3.63) is 24.3 Å². The number of carboxylic acids is 1. The summed E-state index contributed by atoms with van der Waals surface area (Å²) in [5.74, 6) is -1.70. The van der Waals surface area contributed by atoms with Crippen LogP contribution in [0.25, 0.3) is 0 Å². The van der Waals surface area contributed by atoms with Crippen molar-refractivity contribution in [2.45, 2.75) is 13.8 Å². The van der Waals surface area contributed by atoms with Gasteiger partial charge in [0, 0.05) is 26.2 Å². The van der Waals surface area contributed by atoms with E-state index in [4.69, 9.17) is 0 Å². The summed E-state index contributed by atoms with van der Waals surface area (Å²) < 4.78 is 0. The maximum atomic E-state index is 12.6. The molecule has 1 aromatic carbocycles. The van der Waals surface area contributed by atoms with Gasteiger partial charge in [-0.15, -0.1) is 0 Å². The Morgan fingerprint density at radius 1 is 1.09 bits per heavy atom. The van der Waals surface area contributed by atoms with Crippen LogP contribution >= 0.6 is 0 Å². The number of carbonyl (C=O) groups excluding carboxylic acids is 1. The van der Waals surface area contributed by atoms with E-state index in [9.17, 15) is 19.8 Å². The van der Waals surface area contributed by atoms with Gasteiger partial charge in [-0.25, -0.2) is 0 Å². The number of para-hydroxylation sites is 2. The van der Waals surface area contributed by atoms with E-state index in [1.165, 1.54) is 0 Å². The van der Waals surface area contributed by atoms with Crippen molar-refractivity contribution in [3.8, 4) is 5.75 Å². The predicted octanol–water partition coefficient (Wildman–Crippen LogP) is 1.40. The highest BCUT2D eigenvalue weighted by molar-refractivity contribution is 5.91. The van der Waals surface area contributed by atoms with Crippen molar-refractivity contribution in [1.82, 2.24) is 4.90 Å². The molecule has 1 aliphatic carbocycles. The maximum Gasteiger partial charge on any atom is 0.307 e. The summed E-state index contributed by atoms with van der Waals surface area (Å²) in [4.78, 5) is 27.6. The Kier molecular flexibility index (Phi) is 3.70. The molecule has 3 rings (SSSR count). The van der Waals surface area contributed by atoms with E-state index in [0.717, 1.165) is 5.69 Å². The molecule has 0 aromatic heterocycles. The zero-order chi connectivity index (χ0) is 16.8. The van der Waals surface area contributed by atoms with Gasteiger partial charge >= 0.3 is 5.97 Å². The van der Waals surface area contributed by atoms with E-state index in [1.807, 2.05) is 30.9 Å². The number of aromatic hydroxyl groups is 1. The molecule has 0 radical (unpaired) electrons. The number of hydrogen-bond acceptors (Lipinski definition) is 4. The molecule has 1 heterocycles. The minimum absolute atomic E-state index is 0.0562. The van der Waals surface area contributed by atoms with E-state index in [1.54, 1.807) is 17.0 Å². The fourth-order valence-electron chi connectivity index (χ4n) is 3.66. The predicted molar refractivity (Wildman–Crippen MR) is 85.3 cm³/mol. The standard InChI is InChI=1S/C17H22N2O4/c1-17(2)13(14(17)16(22)23)15(21)19-9-7-18(8-10-19)11-5-3-4-6-12(11)20/h3-6,13-14,20H,7-10H2,1-2H3,(H,22,23)/t13-,14+/m1/s1. The molecule has 1 saturated heterocycles. The monoisotopic (exact) mass is 318 g/mol. The molecule has 6 heteroatoms. The second-order valence-electron chi connectivity index (χ2n) is 6.92. The van der Waals surface area contributed by atoms with Gasteiger partial charge in [-0.05, 0) is 17.5 Å². The number of phenolic OH excluding ortho intramolecular Hbond substituents is 1. The largest absolute Gasteiger partial charge is 0.506 e. The fraction of sp³-hybridized carbons (Fsp3) is 0.529. The summed E-state index contributed by atoms with van der Waals surface area (Å²) in [6, 6.07) is 7.16. The summed E-state index contributed by atoms with van der Waals surface area (Å²) in [5.41, 5.74) is 0.312. The number of anilines is 1. The molecule has 2 aliphatic rings. The third kappa shape index (κ3) is 2.62. The molecular formula is C17H22N2O4. The van der Waals surface area contributed by atoms with Gasteiger partial charge in [-0.3, -0.25) is 9.59 Å². The van der Waals surface area contributed by atoms with Crippen LogP contribution in [0.4, 0.5) is 5.69 Å². The second kappa shape index (κ2) is 5.44. The van der Waals surface area contributed by atoms with Crippen LogP contribution in [-0.4, -0.2) is 53.2 Å². The third-order valence-corrected chi connectivity index (χ3v) is 5.17. The van der Waals surface area contributed by atoms with E-state index in [2.05, 4.69) is 0 Å². The van der Waals surface area contributed by atoms with Crippen LogP contribution in [-0.2, 0) is 9.59 Å². The Balaban J connectivity index is 1.63. The van der Waals surface area contributed by atoms with Gasteiger partial charge in [0.25, 0.3) is 0 Å². The zero-order valence-corrected chi connectivity index (χ0v) is 13.4. The molecule has 2 N–H and O–H groups in total. The average molecular weight is 318 g/mol. The lowest BCUT2D eigenvalue weighted by Crippen LogP contribution is -2.49. The molecule has 1 saturated carbocycles. The molecule has 2 atom stereocenters. The van der Waals surface area contributed by atoms with Crippen LogP contribution in [0.2, 0.25) is 0 Å². The summed E-state index contributed by atoms with van der Waals surface area (Å²) in [6.07, 6.45) is 0. The first kappa shape index (κ1) is 15.6. The molecule has 1 aromatic rings. The molecule has 0 bridgehead atoms. The number of amides is 1. The fourth-order valence-corrected chi connectivity index (χ4v) is 3.66. The molecule has 0 unspecified atom stereocenters. The first-order valence-electron chi connectivity index (χ1n) is 7.88. The lowest BCUT2D eigenvalue weighted by molar-refractivity contribution is -0.142. The number of carboxylic acid groups (broad SMARTS) is 1. The lowest BCUT2D eigenvalue weighted by atomic mass is 10.1. The van der Waals surface area contributed by atoms with E-state index >= 15 is 0 Å². The van der Waals surface area contributed by atoms with Gasteiger partial charge in [0.15, 0.2) is 0 Å². The van der Waals surface area contributed by atoms with Crippen LogP contribution in [0.3, 0.4) is 0 Å². The van der Waals surface area contributed by atoms with Crippen molar-refractivity contribution in [2.75, 3.05) is 31.1 Å². The van der Waals surface area contributed by atoms with E-state index in [-0.39, 0.29) is 11.7 Å². The highest BCUT2D eigenvalue weighted by Crippen LogP contribution is 2.59. The Morgan fingerprint density at radius 3 is 2.22 bits per heavy atom. The minimum Gasteiger partial charge on any atom is -0.506 e. The van der Waals surface area contributed by atoms with Gasteiger partial charge in [0.1, 0.15) is 5.75 Å². The van der Waals surface area contributed by atoms with Crippen molar-refractivity contribution in [2.24, 2.45) is 17.3 Å². The smallest absolute Gasteiger partial charge is 0.307 e. The lowest BCUT2D eigenvalue weighted by Gasteiger charge is -2.36. The van der Waals surface area contributed by atoms with Gasteiger partial charge in [-0.2, -0.15) is 0 Å². The Labute approximate surface area is 135 Å². The molecule has 6 nitrogen and oxygen atoms in total. The normalized spacial score (nSPS) is 26.0. The number of nitrogens with zero attached hydrogens (tertiary/aromatic N) is 2. The number of rotatable bonds is 3. The maximum absolute atomic E-state index is 12.6. The molecular weight excluding hydrogens is 296 g/mol. The van der Waals surface area contributed by atoms with Crippen LogP contribution in [0.5, 0.6) is 5.75 Å². The number of benzene rings is 1. The van der Waals surface area contributed by atoms with Gasteiger partial charge in [0.2, 0.25) is 5.91 Å². The highest BCUT2D eigenvalue weighted by Gasteiger charge is 2.66. The molecule has 1 amide bonds. The number of piperazine rings is 1. The molecule has 23 heavy (non-hydrogen) atoms. The minimum atomic E-state index is -0.888. The second-order valence-corrected chi connectivity index (χ2v) is 6.92. The summed E-state index contributed by atoms with van der Waals surface area (Å²) >= 11 is 0. The van der Waals surface area contributed by atoms with E-state index in [0.29, 0.717) is 26.2 Å². The van der Waals surface area contributed by atoms with Crippen molar-refractivity contribution in [1.29, 1.82) is 0 Å². The Hall–Kier alpha value is -2.24. The van der Waals surface area contributed by atoms with Crippen LogP contribution < -0.4 is 4.90 Å². The van der Waals surface area contributed by atoms with Crippen LogP contribution in [0.15, 0.2) is 24.3 Å². The summed E-state index contributed by atoms with van der Waals surface area (Å²) in [7, 11) is 0. The quantitative estimate of drug-likeness (QED) is 0.880. The highest BCUT2D eigenvalue weighted by atomic mass is 16.4. The number of carbonyl (C=O) groups is 2. The number of hydrogen-bond donors (Lipinski definition) is 2. The Bertz CT molecular complexity index is 635. The molecule has 1 aliphatic heterocycles. The first-order valence-corrected chi connectivity index (χ1v) is 7.88. The van der Waals surface area contributed by atoms with Gasteiger partial charge in [0.05, 0.1) is 17.5 Å². The van der Waals surface area contributed by atoms with Crippen molar-refractivity contribution in [3.63, 3.8) is 0 Å².